The minimum atomic E-state index is -4.83. The highest BCUT2D eigenvalue weighted by atomic mass is 19.4. The number of ether oxygens (including phenoxy) is 4. The van der Waals surface area contributed by atoms with Crippen LogP contribution in [-0.4, -0.2) is 62.9 Å². The third-order valence-electron chi connectivity index (χ3n) is 8.02. The van der Waals surface area contributed by atoms with Gasteiger partial charge in [-0.1, -0.05) is 55.3 Å². The van der Waals surface area contributed by atoms with Crippen LogP contribution in [0.3, 0.4) is 0 Å². The Morgan fingerprint density at radius 2 is 1.57 bits per heavy atom. The van der Waals surface area contributed by atoms with Crippen LogP contribution in [0.5, 0.6) is 5.75 Å². The Balaban J connectivity index is 1.74. The van der Waals surface area contributed by atoms with Crippen molar-refractivity contribution in [3.05, 3.63) is 83.2 Å². The maximum atomic E-state index is 15.8. The SMILES string of the molecule is CCOCCCCCC(OC(=O)c1ccccc1C1(C(=O)O)C=CC(c2ccc(OCCCCCCOC)cc2)=C(F)C1)C(F)(F)F. The van der Waals surface area contributed by atoms with E-state index in [1.54, 1.807) is 31.4 Å². The summed E-state index contributed by atoms with van der Waals surface area (Å²) in [7, 11) is 1.67. The van der Waals surface area contributed by atoms with Crippen LogP contribution in [0.25, 0.3) is 5.57 Å². The maximum absolute atomic E-state index is 15.8. The Labute approximate surface area is 273 Å². The normalized spacial score (nSPS) is 17.1. The average molecular weight is 665 g/mol. The molecule has 258 valence electrons. The van der Waals surface area contributed by atoms with Crippen LogP contribution in [0.1, 0.15) is 86.2 Å². The first-order chi connectivity index (χ1) is 22.5. The zero-order valence-corrected chi connectivity index (χ0v) is 27.0. The number of alkyl halides is 3. The summed E-state index contributed by atoms with van der Waals surface area (Å²) in [5, 5.41) is 10.3. The van der Waals surface area contributed by atoms with E-state index in [2.05, 4.69) is 0 Å². The number of carbonyl (C=O) groups is 2. The van der Waals surface area contributed by atoms with Crippen LogP contribution in [0.2, 0.25) is 0 Å². The van der Waals surface area contributed by atoms with Gasteiger partial charge in [-0.15, -0.1) is 0 Å². The highest BCUT2D eigenvalue weighted by Gasteiger charge is 2.46. The molecule has 0 radical (unpaired) electrons. The number of halogens is 4. The van der Waals surface area contributed by atoms with E-state index in [9.17, 15) is 27.9 Å². The molecule has 0 aliphatic heterocycles. The summed E-state index contributed by atoms with van der Waals surface area (Å²) in [6.45, 7) is 4.02. The van der Waals surface area contributed by atoms with Gasteiger partial charge in [0.2, 0.25) is 0 Å². The summed E-state index contributed by atoms with van der Waals surface area (Å²) in [6, 6.07) is 12.1. The summed E-state index contributed by atoms with van der Waals surface area (Å²) < 4.78 is 78.2. The lowest BCUT2D eigenvalue weighted by molar-refractivity contribution is -0.206. The molecule has 0 bridgehead atoms. The van der Waals surface area contributed by atoms with Gasteiger partial charge < -0.3 is 24.1 Å². The van der Waals surface area contributed by atoms with E-state index in [0.29, 0.717) is 44.0 Å². The van der Waals surface area contributed by atoms with Crippen molar-refractivity contribution in [2.24, 2.45) is 0 Å². The lowest BCUT2D eigenvalue weighted by Gasteiger charge is -2.31. The molecule has 1 N–H and O–H groups in total. The molecular weight excluding hydrogens is 620 g/mol. The number of carboxylic acids is 1. The number of allylic oxidation sites excluding steroid dienone is 3. The number of benzene rings is 2. The maximum Gasteiger partial charge on any atom is 0.425 e. The highest BCUT2D eigenvalue weighted by Crippen LogP contribution is 2.43. The first kappa shape index (κ1) is 37.8. The molecule has 1 aliphatic rings. The number of carbonyl (C=O) groups excluding carboxylic acids is 1. The van der Waals surface area contributed by atoms with E-state index in [0.717, 1.165) is 32.3 Å². The second-order valence-corrected chi connectivity index (χ2v) is 11.4. The van der Waals surface area contributed by atoms with E-state index in [4.69, 9.17) is 18.9 Å². The number of carboxylic acid groups (broad SMARTS) is 1. The molecule has 2 unspecified atom stereocenters. The minimum absolute atomic E-state index is 0.148. The van der Waals surface area contributed by atoms with Gasteiger partial charge in [0.25, 0.3) is 0 Å². The molecule has 2 atom stereocenters. The van der Waals surface area contributed by atoms with E-state index in [1.165, 1.54) is 36.4 Å². The van der Waals surface area contributed by atoms with Crippen LogP contribution in [0, 0.1) is 0 Å². The Morgan fingerprint density at radius 3 is 2.21 bits per heavy atom. The van der Waals surface area contributed by atoms with E-state index >= 15 is 4.39 Å². The number of rotatable bonds is 20. The first-order valence-corrected chi connectivity index (χ1v) is 16.0. The summed E-state index contributed by atoms with van der Waals surface area (Å²) in [5.74, 6) is -2.92. The molecule has 0 heterocycles. The van der Waals surface area contributed by atoms with Gasteiger partial charge in [0.15, 0.2) is 6.10 Å². The van der Waals surface area contributed by atoms with Gasteiger partial charge >= 0.3 is 18.1 Å². The Hall–Kier alpha value is -3.70. The van der Waals surface area contributed by atoms with Crippen LogP contribution in [0.15, 0.2) is 66.5 Å². The second-order valence-electron chi connectivity index (χ2n) is 11.4. The number of esters is 1. The summed E-state index contributed by atoms with van der Waals surface area (Å²) in [4.78, 5) is 25.9. The number of aliphatic carboxylic acids is 1. The Kier molecular flexibility index (Phi) is 14.9. The largest absolute Gasteiger partial charge is 0.494 e. The lowest BCUT2D eigenvalue weighted by atomic mass is 9.71. The summed E-state index contributed by atoms with van der Waals surface area (Å²) in [6.07, 6.45) is -0.617. The fourth-order valence-corrected chi connectivity index (χ4v) is 5.42. The van der Waals surface area contributed by atoms with Crippen LogP contribution in [-0.2, 0) is 24.4 Å². The monoisotopic (exact) mass is 664 g/mol. The van der Waals surface area contributed by atoms with Gasteiger partial charge in [-0.2, -0.15) is 13.2 Å². The van der Waals surface area contributed by atoms with Gasteiger partial charge in [0, 0.05) is 38.9 Å². The Bertz CT molecular complexity index is 1350. The predicted octanol–water partition coefficient (Wildman–Crippen LogP) is 8.62. The molecule has 3 rings (SSSR count). The van der Waals surface area contributed by atoms with Crippen molar-refractivity contribution >= 4 is 17.5 Å². The van der Waals surface area contributed by atoms with E-state index < -0.39 is 48.3 Å². The van der Waals surface area contributed by atoms with Crippen molar-refractivity contribution in [2.45, 2.75) is 82.4 Å². The standard InChI is InChI=1S/C36H44F4O7/c1-3-45-23-11-6-7-15-32(36(38,39)40)47-33(41)29-13-8-9-14-30(29)35(34(42)43)21-20-28(31(37)25-35)26-16-18-27(19-17-26)46-24-12-5-4-10-22-44-2/h8-9,13-14,16-21,32H,3-7,10-12,15,22-25H2,1-2H3,(H,42,43). The van der Waals surface area contributed by atoms with Crippen molar-refractivity contribution < 1.29 is 51.2 Å². The molecular formula is C36H44F4O7. The molecule has 0 amide bonds. The van der Waals surface area contributed by atoms with Crippen LogP contribution >= 0.6 is 0 Å². The van der Waals surface area contributed by atoms with E-state index in [1.807, 2.05) is 6.92 Å². The van der Waals surface area contributed by atoms with Crippen molar-refractivity contribution in [2.75, 3.05) is 33.5 Å². The average Bonchev–Trinajstić information content (AvgIpc) is 3.05. The van der Waals surface area contributed by atoms with Crippen molar-refractivity contribution in [3.63, 3.8) is 0 Å². The number of hydrogen-bond acceptors (Lipinski definition) is 6. The molecule has 0 aromatic heterocycles. The van der Waals surface area contributed by atoms with Crippen molar-refractivity contribution in [1.82, 2.24) is 0 Å². The van der Waals surface area contributed by atoms with Crippen LogP contribution in [0.4, 0.5) is 17.6 Å². The minimum Gasteiger partial charge on any atom is -0.494 e. The number of hydrogen-bond donors (Lipinski definition) is 1. The summed E-state index contributed by atoms with van der Waals surface area (Å²) >= 11 is 0. The zero-order valence-electron chi connectivity index (χ0n) is 27.0. The molecule has 47 heavy (non-hydrogen) atoms. The zero-order chi connectivity index (χ0) is 34.3. The quantitative estimate of drug-likeness (QED) is 0.0861. The lowest BCUT2D eigenvalue weighted by Crippen LogP contribution is -2.38. The third-order valence-corrected chi connectivity index (χ3v) is 8.02. The summed E-state index contributed by atoms with van der Waals surface area (Å²) in [5.41, 5.74) is -1.93. The van der Waals surface area contributed by atoms with E-state index in [-0.39, 0.29) is 23.1 Å². The molecule has 11 heteroatoms. The van der Waals surface area contributed by atoms with Gasteiger partial charge in [-0.3, -0.25) is 4.79 Å². The smallest absolute Gasteiger partial charge is 0.425 e. The topological polar surface area (TPSA) is 91.3 Å². The molecule has 0 spiro atoms. The van der Waals surface area contributed by atoms with Crippen molar-refractivity contribution in [1.29, 1.82) is 0 Å². The molecule has 0 saturated carbocycles. The molecule has 2 aromatic rings. The molecule has 7 nitrogen and oxygen atoms in total. The van der Waals surface area contributed by atoms with Crippen molar-refractivity contribution in [3.8, 4) is 5.75 Å². The number of unbranched alkanes of at least 4 members (excludes halogenated alkanes) is 5. The Morgan fingerprint density at radius 1 is 0.915 bits per heavy atom. The fourth-order valence-electron chi connectivity index (χ4n) is 5.42. The van der Waals surface area contributed by atoms with Crippen LogP contribution < -0.4 is 4.74 Å². The van der Waals surface area contributed by atoms with Gasteiger partial charge in [0.1, 0.15) is 17.0 Å². The molecule has 0 saturated heterocycles. The van der Waals surface area contributed by atoms with Gasteiger partial charge in [-0.05, 0) is 74.8 Å². The molecule has 2 aromatic carbocycles. The predicted molar refractivity (Wildman–Crippen MR) is 170 cm³/mol. The second kappa shape index (κ2) is 18.6. The number of methoxy groups -OCH3 is 1. The molecule has 0 fully saturated rings. The van der Waals surface area contributed by atoms with Gasteiger partial charge in [-0.25, -0.2) is 9.18 Å². The van der Waals surface area contributed by atoms with Gasteiger partial charge in [0.05, 0.1) is 12.2 Å². The third kappa shape index (κ3) is 10.9. The fraction of sp³-hybridized carbons (Fsp3) is 0.500. The highest BCUT2D eigenvalue weighted by molar-refractivity contribution is 5.97. The first-order valence-electron chi connectivity index (χ1n) is 16.0. The molecule has 1 aliphatic carbocycles.